The van der Waals surface area contributed by atoms with Crippen LogP contribution in [-0.4, -0.2) is 11.4 Å². The van der Waals surface area contributed by atoms with Crippen LogP contribution >= 0.6 is 0 Å². The Bertz CT molecular complexity index is 238. The van der Waals surface area contributed by atoms with Crippen LogP contribution in [0.25, 0.3) is 0 Å². The minimum absolute atomic E-state index is 0.169. The van der Waals surface area contributed by atoms with E-state index in [1.54, 1.807) is 0 Å². The Balaban J connectivity index is 3.13. The first-order valence-electron chi connectivity index (χ1n) is 9.68. The second-order valence-electron chi connectivity index (χ2n) is 6.83. The normalized spacial score (nSPS) is 12.5. The first-order chi connectivity index (χ1) is 10.7. The highest BCUT2D eigenvalue weighted by Crippen LogP contribution is 2.15. The molecule has 0 spiro atoms. The summed E-state index contributed by atoms with van der Waals surface area (Å²) in [6, 6.07) is 0. The van der Waals surface area contributed by atoms with Gasteiger partial charge >= 0.3 is 0 Å². The minimum atomic E-state index is -0.169. The van der Waals surface area contributed by atoms with E-state index < -0.39 is 0 Å². The Hall–Kier alpha value is -0.340. The average molecular weight is 313 g/mol. The molecule has 0 amide bonds. The summed E-state index contributed by atoms with van der Waals surface area (Å²) in [7, 11) is 0. The van der Waals surface area contributed by atoms with Crippen LogP contribution in [0.15, 0.2) is 12.2 Å². The topological polar surface area (TPSA) is 29.5 Å². The molecule has 1 unspecified atom stereocenters. The fourth-order valence-corrected chi connectivity index (χ4v) is 2.91. The Kier molecular flexibility index (Phi) is 16.8. The third-order valence-corrected chi connectivity index (χ3v) is 4.50. The maximum Gasteiger partial charge on any atom is 0.113 e. The van der Waals surface area contributed by atoms with Crippen molar-refractivity contribution in [3.05, 3.63) is 12.2 Å². The molecule has 0 radical (unpaired) electrons. The highest BCUT2D eigenvalue weighted by Gasteiger charge is 2.08. The van der Waals surface area contributed by atoms with Gasteiger partial charge in [-0.05, 0) is 18.9 Å². The van der Waals surface area contributed by atoms with Gasteiger partial charge in [0, 0.05) is 0 Å². The van der Waals surface area contributed by atoms with Crippen LogP contribution in [0.4, 0.5) is 0 Å². The third kappa shape index (κ3) is 14.6. The second-order valence-corrected chi connectivity index (χ2v) is 6.83. The second kappa shape index (κ2) is 17.0. The van der Waals surface area contributed by atoms with Gasteiger partial charge in [0.05, 0.1) is 0 Å². The molecule has 1 N–H and O–H groups in total. The smallest absolute Gasteiger partial charge is 0.113 e. The Labute approximate surface area is 139 Å². The van der Waals surface area contributed by atoms with Gasteiger partial charge in [0.25, 0.3) is 0 Å². The summed E-state index contributed by atoms with van der Waals surface area (Å²) < 4.78 is 0. The molecule has 0 fully saturated rings. The monoisotopic (exact) mass is 312 g/mol. The number of unbranched alkanes of at least 4 members (excludes halogenated alkanes) is 13. The average Bonchev–Trinajstić information content (AvgIpc) is 2.51. The van der Waals surface area contributed by atoms with E-state index in [0.717, 1.165) is 18.4 Å². The van der Waals surface area contributed by atoms with Crippen molar-refractivity contribution in [2.45, 2.75) is 116 Å². The van der Waals surface area contributed by atoms with Gasteiger partial charge in [0.15, 0.2) is 0 Å². The van der Waals surface area contributed by atoms with E-state index in [1.807, 2.05) is 6.92 Å². The van der Waals surface area contributed by atoms with Crippen molar-refractivity contribution in [1.29, 1.82) is 0 Å². The minimum Gasteiger partial charge on any atom is -0.251 e. The van der Waals surface area contributed by atoms with Gasteiger partial charge in [0.2, 0.25) is 0 Å². The molecule has 0 aromatic heterocycles. The molecule has 2 nitrogen and oxygen atoms in total. The van der Waals surface area contributed by atoms with Crippen LogP contribution in [0.3, 0.4) is 0 Å². The molecule has 0 aliphatic rings. The van der Waals surface area contributed by atoms with E-state index in [0.29, 0.717) is 0 Å². The van der Waals surface area contributed by atoms with Crippen LogP contribution in [0, 0.1) is 0 Å². The molecule has 0 aliphatic heterocycles. The predicted molar refractivity (Wildman–Crippen MR) is 97.2 cm³/mol. The molecule has 0 aromatic rings. The summed E-state index contributed by atoms with van der Waals surface area (Å²) in [5.74, 6) is 0. The van der Waals surface area contributed by atoms with Crippen molar-refractivity contribution in [1.82, 2.24) is 0 Å². The van der Waals surface area contributed by atoms with Crippen molar-refractivity contribution in [3.63, 3.8) is 0 Å². The molecule has 132 valence electrons. The Morgan fingerprint density at radius 1 is 0.773 bits per heavy atom. The van der Waals surface area contributed by atoms with E-state index >= 15 is 0 Å². The molecule has 0 aliphatic carbocycles. The van der Waals surface area contributed by atoms with Gasteiger partial charge in [-0.3, -0.25) is 5.26 Å². The Morgan fingerprint density at radius 3 is 1.45 bits per heavy atom. The lowest BCUT2D eigenvalue weighted by atomic mass is 10.0. The maximum absolute atomic E-state index is 8.74. The van der Waals surface area contributed by atoms with E-state index in [9.17, 15) is 0 Å². The quantitative estimate of drug-likeness (QED) is 0.132. The lowest BCUT2D eigenvalue weighted by Crippen LogP contribution is -2.11. The van der Waals surface area contributed by atoms with E-state index in [4.69, 9.17) is 5.26 Å². The molecule has 0 saturated carbocycles. The van der Waals surface area contributed by atoms with Gasteiger partial charge in [-0.1, -0.05) is 103 Å². The highest BCUT2D eigenvalue weighted by atomic mass is 17.1. The van der Waals surface area contributed by atoms with Gasteiger partial charge in [-0.2, -0.15) is 0 Å². The lowest BCUT2D eigenvalue weighted by Gasteiger charge is -2.12. The summed E-state index contributed by atoms with van der Waals surface area (Å²) in [4.78, 5) is 4.43. The zero-order valence-corrected chi connectivity index (χ0v) is 15.2. The largest absolute Gasteiger partial charge is 0.251 e. The molecule has 2 heteroatoms. The molecule has 0 rings (SSSR count). The zero-order chi connectivity index (χ0) is 16.5. The van der Waals surface area contributed by atoms with Crippen molar-refractivity contribution in [2.24, 2.45) is 0 Å². The van der Waals surface area contributed by atoms with E-state index in [1.165, 1.54) is 83.5 Å². The van der Waals surface area contributed by atoms with Crippen molar-refractivity contribution < 1.29 is 10.1 Å². The van der Waals surface area contributed by atoms with E-state index in [-0.39, 0.29) is 6.10 Å². The van der Waals surface area contributed by atoms with Gasteiger partial charge < -0.3 is 0 Å². The molecular weight excluding hydrogens is 272 g/mol. The Morgan fingerprint density at radius 2 is 1.14 bits per heavy atom. The van der Waals surface area contributed by atoms with Crippen LogP contribution < -0.4 is 0 Å². The van der Waals surface area contributed by atoms with Crippen molar-refractivity contribution >= 4 is 0 Å². The molecule has 0 bridgehead atoms. The highest BCUT2D eigenvalue weighted by molar-refractivity contribution is 4.96. The first kappa shape index (κ1) is 21.7. The van der Waals surface area contributed by atoms with E-state index in [2.05, 4.69) is 18.4 Å². The molecule has 1 atom stereocenters. The van der Waals surface area contributed by atoms with Gasteiger partial charge in [-0.25, -0.2) is 4.89 Å². The van der Waals surface area contributed by atoms with Crippen molar-refractivity contribution in [2.75, 3.05) is 0 Å². The van der Waals surface area contributed by atoms with Crippen LogP contribution in [0.5, 0.6) is 0 Å². The lowest BCUT2D eigenvalue weighted by molar-refractivity contribution is -0.269. The summed E-state index contributed by atoms with van der Waals surface area (Å²) in [5.41, 5.74) is 0.914. The SMILES string of the molecule is C=C(C)C(CCCCCCCCCCCCCCCC)OO. The fourth-order valence-electron chi connectivity index (χ4n) is 2.91. The molecule has 22 heavy (non-hydrogen) atoms. The molecule has 0 aromatic carbocycles. The standard InChI is InChI=1S/C20H40O2/c1-4-5-6-7-8-9-10-11-12-13-14-15-16-17-18-20(22-21)19(2)3/h20-21H,2,4-18H2,1,3H3. The summed E-state index contributed by atoms with van der Waals surface area (Å²) in [6.07, 6.45) is 19.9. The van der Waals surface area contributed by atoms with Crippen LogP contribution in [0.2, 0.25) is 0 Å². The summed E-state index contributed by atoms with van der Waals surface area (Å²) >= 11 is 0. The predicted octanol–water partition coefficient (Wildman–Crippen LogP) is 7.29. The summed E-state index contributed by atoms with van der Waals surface area (Å²) in [5, 5.41) is 8.74. The van der Waals surface area contributed by atoms with Crippen molar-refractivity contribution in [3.8, 4) is 0 Å². The number of hydrogen-bond donors (Lipinski definition) is 1. The molecule has 0 saturated heterocycles. The summed E-state index contributed by atoms with van der Waals surface area (Å²) in [6.45, 7) is 8.01. The first-order valence-corrected chi connectivity index (χ1v) is 9.68. The van der Waals surface area contributed by atoms with Crippen LogP contribution in [-0.2, 0) is 4.89 Å². The molecule has 0 heterocycles. The third-order valence-electron chi connectivity index (χ3n) is 4.50. The van der Waals surface area contributed by atoms with Gasteiger partial charge in [0.1, 0.15) is 6.10 Å². The fraction of sp³-hybridized carbons (Fsp3) is 0.900. The van der Waals surface area contributed by atoms with Gasteiger partial charge in [-0.15, -0.1) is 0 Å². The number of rotatable bonds is 17. The molecular formula is C20H40O2. The maximum atomic E-state index is 8.74. The number of hydrogen-bond acceptors (Lipinski definition) is 2. The van der Waals surface area contributed by atoms with Crippen LogP contribution in [0.1, 0.15) is 110 Å². The zero-order valence-electron chi connectivity index (χ0n) is 15.2.